The van der Waals surface area contributed by atoms with Crippen molar-refractivity contribution in [2.24, 2.45) is 5.11 Å². The van der Waals surface area contributed by atoms with Gasteiger partial charge in [-0.2, -0.15) is 0 Å². The highest BCUT2D eigenvalue weighted by Crippen LogP contribution is 2.65. The maximum atomic E-state index is 12.1. The first-order chi connectivity index (χ1) is 14.1. The molecule has 1 aliphatic rings. The summed E-state index contributed by atoms with van der Waals surface area (Å²) in [6.07, 6.45) is -1.58. The first-order valence-corrected chi connectivity index (χ1v) is 12.3. The topological polar surface area (TPSA) is 281 Å². The largest absolute Gasteiger partial charge is 0.789 e. The van der Waals surface area contributed by atoms with Gasteiger partial charge in [-0.25, -0.2) is 13.7 Å². The molecule has 174 valence electrons. The average molecular weight is 504 g/mol. The molecule has 1 aliphatic heterocycles. The number of aromatic nitrogens is 2. The number of ether oxygens (including phenoxy) is 1. The third kappa shape index (κ3) is 7.47. The number of aryl methyl sites for hydroxylation is 1. The molecule has 31 heavy (non-hydrogen) atoms. The molecule has 0 aromatic carbocycles. The average Bonchev–Trinajstić information content (AvgIpc) is 2.96. The fourth-order valence-electron chi connectivity index (χ4n) is 2.50. The highest BCUT2D eigenvalue weighted by atomic mass is 31.3. The zero-order valence-electron chi connectivity index (χ0n) is 15.2. The van der Waals surface area contributed by atoms with Crippen LogP contribution in [0.5, 0.6) is 0 Å². The molecule has 0 radical (unpaired) electrons. The molecule has 2 rings (SSSR count). The summed E-state index contributed by atoms with van der Waals surface area (Å²) >= 11 is 0. The van der Waals surface area contributed by atoms with Crippen molar-refractivity contribution in [3.8, 4) is 0 Å². The van der Waals surface area contributed by atoms with Crippen LogP contribution < -0.4 is 25.9 Å². The van der Waals surface area contributed by atoms with Gasteiger partial charge in [0.05, 0.1) is 26.6 Å². The predicted octanol–water partition coefficient (Wildman–Crippen LogP) is -1.74. The van der Waals surface area contributed by atoms with E-state index in [4.69, 9.17) is 15.2 Å². The van der Waals surface area contributed by atoms with E-state index < -0.39 is 59.7 Å². The van der Waals surface area contributed by atoms with Gasteiger partial charge in [-0.1, -0.05) is 5.11 Å². The van der Waals surface area contributed by atoms with E-state index in [1.807, 2.05) is 4.98 Å². The van der Waals surface area contributed by atoms with Gasteiger partial charge in [0.15, 0.2) is 0 Å². The Hall–Kier alpha value is -1.64. The van der Waals surface area contributed by atoms with E-state index in [2.05, 4.69) is 23.2 Å². The molecule has 5 atom stereocenters. The third-order valence-electron chi connectivity index (χ3n) is 3.66. The van der Waals surface area contributed by atoms with E-state index in [0.29, 0.717) is 0 Å². The number of azide groups is 1. The molecule has 0 bridgehead atoms. The molecular weight excluding hydrogens is 491 g/mol. The molecule has 2 unspecified atom stereocenters. The van der Waals surface area contributed by atoms with E-state index >= 15 is 0 Å². The molecule has 2 N–H and O–H groups in total. The molecule has 0 aliphatic carbocycles. The van der Waals surface area contributed by atoms with Crippen LogP contribution in [0.15, 0.2) is 20.9 Å². The molecule has 21 heteroatoms. The van der Waals surface area contributed by atoms with Crippen LogP contribution in [0.1, 0.15) is 18.2 Å². The molecule has 0 spiro atoms. The number of aromatic amines is 1. The summed E-state index contributed by atoms with van der Waals surface area (Å²) < 4.78 is 51.5. The summed E-state index contributed by atoms with van der Waals surface area (Å²) in [5.41, 5.74) is 7.27. The Balaban J connectivity index is 2.26. The number of phosphoric acid groups is 3. The van der Waals surface area contributed by atoms with Crippen LogP contribution in [0.3, 0.4) is 0 Å². The minimum atomic E-state index is -6.13. The zero-order valence-corrected chi connectivity index (χ0v) is 17.9. The lowest BCUT2D eigenvalue weighted by molar-refractivity contribution is -0.334. The van der Waals surface area contributed by atoms with Gasteiger partial charge in [0, 0.05) is 23.1 Å². The Labute approximate surface area is 171 Å². The smallest absolute Gasteiger partial charge is 0.485 e. The maximum absolute atomic E-state index is 12.1. The summed E-state index contributed by atoms with van der Waals surface area (Å²) in [4.78, 5) is 68.9. The summed E-state index contributed by atoms with van der Waals surface area (Å²) in [5, 5.41) is 3.37. The lowest BCUT2D eigenvalue weighted by atomic mass is 10.1. The van der Waals surface area contributed by atoms with Gasteiger partial charge < -0.3 is 28.9 Å². The number of nitrogens with zero attached hydrogens (tertiary/aromatic N) is 4. The number of hydrogen-bond acceptors (Lipinski definition) is 13. The molecule has 0 amide bonds. The van der Waals surface area contributed by atoms with Crippen molar-refractivity contribution < 1.29 is 51.2 Å². The van der Waals surface area contributed by atoms with Gasteiger partial charge in [-0.15, -0.1) is 0 Å². The molecule has 1 fully saturated rings. The first kappa shape index (κ1) is 25.6. The number of rotatable bonds is 9. The van der Waals surface area contributed by atoms with Crippen LogP contribution in [0.2, 0.25) is 0 Å². The highest BCUT2D eigenvalue weighted by molar-refractivity contribution is 7.65. The minimum absolute atomic E-state index is 0.130. The zero-order chi connectivity index (χ0) is 23.6. The Bertz CT molecular complexity index is 1100. The van der Waals surface area contributed by atoms with E-state index in [1.54, 1.807) is 0 Å². The van der Waals surface area contributed by atoms with Crippen molar-refractivity contribution in [1.82, 2.24) is 9.55 Å². The first-order valence-electron chi connectivity index (χ1n) is 7.87. The van der Waals surface area contributed by atoms with Crippen LogP contribution in [0, 0.1) is 6.92 Å². The fourth-order valence-corrected chi connectivity index (χ4v) is 5.58. The normalized spacial score (nSPS) is 25.4. The van der Waals surface area contributed by atoms with Crippen molar-refractivity contribution in [1.29, 1.82) is 0 Å². The van der Waals surface area contributed by atoms with Gasteiger partial charge in [0.25, 0.3) is 13.4 Å². The lowest BCUT2D eigenvalue weighted by Crippen LogP contribution is -2.33. The van der Waals surface area contributed by atoms with Crippen molar-refractivity contribution in [3.05, 3.63) is 43.0 Å². The second kappa shape index (κ2) is 9.46. The van der Waals surface area contributed by atoms with E-state index in [1.165, 1.54) is 6.92 Å². The van der Waals surface area contributed by atoms with Gasteiger partial charge in [0.1, 0.15) is 6.23 Å². The molecule has 0 saturated carbocycles. The summed E-state index contributed by atoms with van der Waals surface area (Å²) in [6.45, 7) is 0.356. The van der Waals surface area contributed by atoms with Gasteiger partial charge in [-0.05, 0) is 12.5 Å². The Kier molecular flexibility index (Phi) is 7.82. The van der Waals surface area contributed by atoms with Crippen LogP contribution in [-0.2, 0) is 31.6 Å². The Morgan fingerprint density at radius 2 is 2.00 bits per heavy atom. The predicted molar refractivity (Wildman–Crippen MR) is 90.7 cm³/mol. The van der Waals surface area contributed by atoms with Crippen LogP contribution in [0.4, 0.5) is 0 Å². The quantitative estimate of drug-likeness (QED) is 0.164. The summed E-state index contributed by atoms with van der Waals surface area (Å²) in [6, 6.07) is -1.14. The van der Waals surface area contributed by atoms with E-state index in [-0.39, 0.29) is 12.0 Å². The third-order valence-corrected chi connectivity index (χ3v) is 7.35. The fraction of sp³-hybridized carbons (Fsp3) is 0.600. The lowest BCUT2D eigenvalue weighted by Gasteiger charge is -2.33. The molecule has 1 saturated heterocycles. The van der Waals surface area contributed by atoms with E-state index in [9.17, 15) is 38.0 Å². The standard InChI is InChI=1S/C10H16N5O13P3/c1-5-3-15(10(17)12-9(5)16)8-2-6(13-14-11)7(26-8)4-25-31(24,27-29(18,19)20)28-30(21,22)23/h3,6-8H,2,4H2,1H3,(H,12,16,17)(H2,18,19,20)(H2,21,22,23)/p-3/t6-,7+,8+/m0/s1. The second-order valence-electron chi connectivity index (χ2n) is 5.94. The van der Waals surface area contributed by atoms with Crippen molar-refractivity contribution in [2.75, 3.05) is 6.61 Å². The molecule has 1 aromatic heterocycles. The van der Waals surface area contributed by atoms with Gasteiger partial charge >= 0.3 is 13.5 Å². The molecular formula is C10H13N5O13P3-3. The number of hydrogen-bond donors (Lipinski definition) is 2. The van der Waals surface area contributed by atoms with Crippen molar-refractivity contribution >= 4 is 23.5 Å². The molecule has 2 heterocycles. The second-order valence-corrected chi connectivity index (χ2v) is 10.2. The maximum Gasteiger partial charge on any atom is 0.485 e. The van der Waals surface area contributed by atoms with Crippen molar-refractivity contribution in [3.63, 3.8) is 0 Å². The highest BCUT2D eigenvalue weighted by Gasteiger charge is 2.40. The molecule has 18 nitrogen and oxygen atoms in total. The summed E-state index contributed by atoms with van der Waals surface area (Å²) in [5.74, 6) is 0. The van der Waals surface area contributed by atoms with Crippen LogP contribution in [0.25, 0.3) is 10.4 Å². The van der Waals surface area contributed by atoms with Crippen molar-refractivity contribution in [2.45, 2.75) is 31.7 Å². The number of H-pyrrole nitrogens is 1. The van der Waals surface area contributed by atoms with E-state index in [0.717, 1.165) is 10.8 Å². The number of nitrogens with one attached hydrogen (secondary N) is 1. The molecule has 1 aromatic rings. The Morgan fingerprint density at radius 3 is 2.55 bits per heavy atom. The minimum Gasteiger partial charge on any atom is -0.789 e. The van der Waals surface area contributed by atoms with Gasteiger partial charge in [0.2, 0.25) is 0 Å². The monoisotopic (exact) mass is 504 g/mol. The summed E-state index contributed by atoms with van der Waals surface area (Å²) in [7, 11) is -17.7. The van der Waals surface area contributed by atoms with Gasteiger partial charge in [-0.3, -0.25) is 27.7 Å². The van der Waals surface area contributed by atoms with Crippen LogP contribution >= 0.6 is 23.5 Å². The van der Waals surface area contributed by atoms with Crippen LogP contribution in [-0.4, -0.2) is 33.2 Å². The SMILES string of the molecule is Cc1cn([C@H]2C[C@H](N=[N+]=[N-])[C@@H](COP(=O)(OP(=O)([O-])[O-])OP(=O)([O-])O)O2)c(=O)[nH]c1=O. The Morgan fingerprint density at radius 1 is 1.35 bits per heavy atom.